The topological polar surface area (TPSA) is 32.3 Å². The predicted octanol–water partition coefficient (Wildman–Crippen LogP) is 4.42. The zero-order chi connectivity index (χ0) is 15.4. The molecule has 0 fully saturated rings. The van der Waals surface area contributed by atoms with Crippen LogP contribution in [-0.2, 0) is 6.54 Å². The Hall–Kier alpha value is -1.52. The Morgan fingerprint density at radius 3 is 2.67 bits per heavy atom. The Bertz CT molecular complexity index is 658. The summed E-state index contributed by atoms with van der Waals surface area (Å²) in [6.45, 7) is 0.552. The minimum atomic E-state index is -0.0292. The summed E-state index contributed by atoms with van der Waals surface area (Å²) < 4.78 is 0.973. The molecule has 0 radical (unpaired) electrons. The number of anilines is 1. The van der Waals surface area contributed by atoms with E-state index in [4.69, 9.17) is 11.6 Å². The first kappa shape index (κ1) is 15.9. The summed E-state index contributed by atoms with van der Waals surface area (Å²) in [5.74, 6) is -0.0292. The Kier molecular flexibility index (Phi) is 5.26. The van der Waals surface area contributed by atoms with Gasteiger partial charge in [-0.3, -0.25) is 4.79 Å². The van der Waals surface area contributed by atoms with Crippen LogP contribution in [0.3, 0.4) is 0 Å². The van der Waals surface area contributed by atoms with E-state index < -0.39 is 0 Å². The molecular weight excluding hydrogens is 352 g/mol. The average Bonchev–Trinajstić information content (AvgIpc) is 2.47. The van der Waals surface area contributed by atoms with Crippen LogP contribution in [-0.4, -0.2) is 24.9 Å². The van der Waals surface area contributed by atoms with Gasteiger partial charge in [-0.1, -0.05) is 39.7 Å². The number of hydrogen-bond donors (Lipinski definition) is 1. The van der Waals surface area contributed by atoms with Crippen molar-refractivity contribution in [3.63, 3.8) is 0 Å². The molecule has 21 heavy (non-hydrogen) atoms. The van der Waals surface area contributed by atoms with Gasteiger partial charge in [-0.05, 0) is 35.9 Å². The molecule has 0 heterocycles. The number of nitrogens with zero attached hydrogens (tertiary/aromatic N) is 1. The van der Waals surface area contributed by atoms with Crippen LogP contribution in [0.15, 0.2) is 46.9 Å². The summed E-state index contributed by atoms with van der Waals surface area (Å²) in [4.78, 5) is 13.7. The maximum atomic E-state index is 12.2. The smallest absolute Gasteiger partial charge is 0.255 e. The van der Waals surface area contributed by atoms with E-state index in [1.54, 1.807) is 19.0 Å². The number of para-hydroxylation sites is 1. The first-order chi connectivity index (χ1) is 9.99. The molecule has 2 aromatic rings. The highest BCUT2D eigenvalue weighted by Gasteiger charge is 2.12. The van der Waals surface area contributed by atoms with Crippen LogP contribution < -0.4 is 5.32 Å². The summed E-state index contributed by atoms with van der Waals surface area (Å²) in [5, 5.41) is 3.98. The maximum absolute atomic E-state index is 12.2. The van der Waals surface area contributed by atoms with Gasteiger partial charge in [0.05, 0.1) is 5.56 Å². The summed E-state index contributed by atoms with van der Waals surface area (Å²) >= 11 is 9.61. The van der Waals surface area contributed by atoms with Gasteiger partial charge in [-0.25, -0.2) is 0 Å². The van der Waals surface area contributed by atoms with Crippen molar-refractivity contribution >= 4 is 39.1 Å². The lowest BCUT2D eigenvalue weighted by Gasteiger charge is -2.15. The molecule has 110 valence electrons. The van der Waals surface area contributed by atoms with Crippen molar-refractivity contribution in [2.75, 3.05) is 19.4 Å². The standard InChI is InChI=1S/C16H16BrClN2O/c1-20(2)16(21)13-5-3-4-6-15(13)19-10-11-9-12(17)7-8-14(11)18/h3-9,19H,10H2,1-2H3. The van der Waals surface area contributed by atoms with Crippen LogP contribution in [0.5, 0.6) is 0 Å². The highest BCUT2D eigenvalue weighted by Crippen LogP contribution is 2.23. The number of carbonyl (C=O) groups is 1. The molecule has 0 aliphatic rings. The molecule has 0 atom stereocenters. The number of hydrogen-bond acceptors (Lipinski definition) is 2. The molecule has 1 N–H and O–H groups in total. The predicted molar refractivity (Wildman–Crippen MR) is 90.9 cm³/mol. The molecule has 0 aromatic heterocycles. The van der Waals surface area contributed by atoms with Gasteiger partial charge in [0.1, 0.15) is 0 Å². The van der Waals surface area contributed by atoms with E-state index in [-0.39, 0.29) is 5.91 Å². The molecule has 5 heteroatoms. The van der Waals surface area contributed by atoms with Gasteiger partial charge in [0.15, 0.2) is 0 Å². The number of amides is 1. The fourth-order valence-corrected chi connectivity index (χ4v) is 2.53. The number of nitrogens with one attached hydrogen (secondary N) is 1. The SMILES string of the molecule is CN(C)C(=O)c1ccccc1NCc1cc(Br)ccc1Cl. The summed E-state index contributed by atoms with van der Waals surface area (Å²) in [6, 6.07) is 13.2. The van der Waals surface area contributed by atoms with E-state index in [9.17, 15) is 4.79 Å². The van der Waals surface area contributed by atoms with Crippen LogP contribution >= 0.6 is 27.5 Å². The molecule has 0 aliphatic carbocycles. The van der Waals surface area contributed by atoms with E-state index in [2.05, 4.69) is 21.2 Å². The first-order valence-corrected chi connectivity index (χ1v) is 7.64. The largest absolute Gasteiger partial charge is 0.380 e. The summed E-state index contributed by atoms with van der Waals surface area (Å²) in [6.07, 6.45) is 0. The fourth-order valence-electron chi connectivity index (χ4n) is 1.93. The molecule has 0 aliphatic heterocycles. The lowest BCUT2D eigenvalue weighted by atomic mass is 10.1. The molecule has 0 bridgehead atoms. The Morgan fingerprint density at radius 2 is 1.95 bits per heavy atom. The van der Waals surface area contributed by atoms with Gasteiger partial charge in [0.2, 0.25) is 0 Å². The first-order valence-electron chi connectivity index (χ1n) is 6.47. The Morgan fingerprint density at radius 1 is 1.24 bits per heavy atom. The molecule has 2 rings (SSSR count). The van der Waals surface area contributed by atoms with Gasteiger partial charge in [0.25, 0.3) is 5.91 Å². The molecule has 0 saturated carbocycles. The van der Waals surface area contributed by atoms with Gasteiger partial charge in [0, 0.05) is 35.8 Å². The quantitative estimate of drug-likeness (QED) is 0.868. The third-order valence-electron chi connectivity index (χ3n) is 3.04. The van der Waals surface area contributed by atoms with Gasteiger partial charge < -0.3 is 10.2 Å². The molecule has 2 aromatic carbocycles. The molecule has 1 amide bonds. The third kappa shape index (κ3) is 3.99. The van der Waals surface area contributed by atoms with Crippen molar-refractivity contribution < 1.29 is 4.79 Å². The van der Waals surface area contributed by atoms with E-state index in [0.717, 1.165) is 15.7 Å². The molecular formula is C16H16BrClN2O. The van der Waals surface area contributed by atoms with Crippen molar-refractivity contribution in [2.45, 2.75) is 6.54 Å². The highest BCUT2D eigenvalue weighted by atomic mass is 79.9. The van der Waals surface area contributed by atoms with Gasteiger partial charge in [-0.2, -0.15) is 0 Å². The van der Waals surface area contributed by atoms with Crippen LogP contribution in [0.1, 0.15) is 15.9 Å². The minimum absolute atomic E-state index is 0.0292. The number of rotatable bonds is 4. The maximum Gasteiger partial charge on any atom is 0.255 e. The van der Waals surface area contributed by atoms with E-state index in [1.165, 1.54) is 0 Å². The summed E-state index contributed by atoms with van der Waals surface area (Å²) in [7, 11) is 3.48. The lowest BCUT2D eigenvalue weighted by molar-refractivity contribution is 0.0828. The number of carbonyl (C=O) groups excluding carboxylic acids is 1. The van der Waals surface area contributed by atoms with E-state index in [1.807, 2.05) is 42.5 Å². The van der Waals surface area contributed by atoms with Crippen molar-refractivity contribution in [2.24, 2.45) is 0 Å². The zero-order valence-electron chi connectivity index (χ0n) is 11.9. The molecule has 3 nitrogen and oxygen atoms in total. The molecule has 0 spiro atoms. The second-order valence-corrected chi connectivity index (χ2v) is 6.16. The van der Waals surface area contributed by atoms with Crippen molar-refractivity contribution in [3.05, 3.63) is 63.1 Å². The van der Waals surface area contributed by atoms with E-state index in [0.29, 0.717) is 17.1 Å². The van der Waals surface area contributed by atoms with Crippen LogP contribution in [0.4, 0.5) is 5.69 Å². The highest BCUT2D eigenvalue weighted by molar-refractivity contribution is 9.10. The number of halogens is 2. The van der Waals surface area contributed by atoms with E-state index >= 15 is 0 Å². The average molecular weight is 368 g/mol. The number of benzene rings is 2. The molecule has 0 saturated heterocycles. The van der Waals surface area contributed by atoms with Crippen LogP contribution in [0.2, 0.25) is 5.02 Å². The van der Waals surface area contributed by atoms with Crippen LogP contribution in [0, 0.1) is 0 Å². The summed E-state index contributed by atoms with van der Waals surface area (Å²) in [5.41, 5.74) is 2.42. The van der Waals surface area contributed by atoms with Crippen molar-refractivity contribution in [3.8, 4) is 0 Å². The Balaban J connectivity index is 2.21. The third-order valence-corrected chi connectivity index (χ3v) is 3.90. The fraction of sp³-hybridized carbons (Fsp3) is 0.188. The second-order valence-electron chi connectivity index (χ2n) is 4.83. The lowest BCUT2D eigenvalue weighted by Crippen LogP contribution is -2.22. The zero-order valence-corrected chi connectivity index (χ0v) is 14.2. The minimum Gasteiger partial charge on any atom is -0.380 e. The van der Waals surface area contributed by atoms with Crippen LogP contribution in [0.25, 0.3) is 0 Å². The monoisotopic (exact) mass is 366 g/mol. The van der Waals surface area contributed by atoms with Crippen molar-refractivity contribution in [1.29, 1.82) is 0 Å². The Labute approximate surface area is 138 Å². The molecule has 0 unspecified atom stereocenters. The van der Waals surface area contributed by atoms with Crippen molar-refractivity contribution in [1.82, 2.24) is 4.90 Å². The van der Waals surface area contributed by atoms with Gasteiger partial charge >= 0.3 is 0 Å². The second kappa shape index (κ2) is 6.96. The normalized spacial score (nSPS) is 10.3. The van der Waals surface area contributed by atoms with Gasteiger partial charge in [-0.15, -0.1) is 0 Å².